The quantitative estimate of drug-likeness (QED) is 0.659. The fraction of sp³-hybridized carbons (Fsp3) is 0.833. The SMILES string of the molecule is C=CCN(C(CC)CNC)C(C)(C)C. The molecule has 1 N–H and O–H groups in total. The van der Waals surface area contributed by atoms with Gasteiger partial charge in [0.1, 0.15) is 0 Å². The van der Waals surface area contributed by atoms with Crippen LogP contribution in [0, 0.1) is 0 Å². The average Bonchev–Trinajstić information content (AvgIpc) is 2.09. The molecule has 2 nitrogen and oxygen atoms in total. The maximum Gasteiger partial charge on any atom is 0.0226 e. The molecule has 0 bridgehead atoms. The predicted molar refractivity (Wildman–Crippen MR) is 64.7 cm³/mol. The van der Waals surface area contributed by atoms with Gasteiger partial charge in [0.15, 0.2) is 0 Å². The topological polar surface area (TPSA) is 15.3 Å². The zero-order valence-electron chi connectivity index (χ0n) is 10.4. The van der Waals surface area contributed by atoms with Crippen LogP contribution in [0.25, 0.3) is 0 Å². The maximum atomic E-state index is 3.83. The van der Waals surface area contributed by atoms with E-state index in [0.29, 0.717) is 6.04 Å². The summed E-state index contributed by atoms with van der Waals surface area (Å²) in [7, 11) is 2.01. The Balaban J connectivity index is 4.50. The summed E-state index contributed by atoms with van der Waals surface area (Å²) in [5, 5.41) is 3.25. The molecule has 14 heavy (non-hydrogen) atoms. The molecular formula is C12H26N2. The van der Waals surface area contributed by atoms with Crippen LogP contribution in [0.4, 0.5) is 0 Å². The number of hydrogen-bond acceptors (Lipinski definition) is 2. The molecule has 84 valence electrons. The lowest BCUT2D eigenvalue weighted by molar-refractivity contribution is 0.0940. The van der Waals surface area contributed by atoms with E-state index in [1.165, 1.54) is 6.42 Å². The van der Waals surface area contributed by atoms with Gasteiger partial charge in [-0.2, -0.15) is 0 Å². The van der Waals surface area contributed by atoms with Crippen molar-refractivity contribution in [2.75, 3.05) is 20.1 Å². The molecule has 0 aliphatic rings. The van der Waals surface area contributed by atoms with Gasteiger partial charge in [0.2, 0.25) is 0 Å². The van der Waals surface area contributed by atoms with E-state index in [1.54, 1.807) is 0 Å². The van der Waals surface area contributed by atoms with E-state index < -0.39 is 0 Å². The molecule has 0 aromatic heterocycles. The largest absolute Gasteiger partial charge is 0.318 e. The number of nitrogens with one attached hydrogen (secondary N) is 1. The molecule has 0 aliphatic heterocycles. The van der Waals surface area contributed by atoms with Gasteiger partial charge >= 0.3 is 0 Å². The van der Waals surface area contributed by atoms with Crippen LogP contribution in [0.5, 0.6) is 0 Å². The van der Waals surface area contributed by atoms with Gasteiger partial charge in [-0.25, -0.2) is 0 Å². The maximum absolute atomic E-state index is 3.83. The smallest absolute Gasteiger partial charge is 0.0226 e. The third kappa shape index (κ3) is 4.25. The molecule has 0 saturated heterocycles. The highest BCUT2D eigenvalue weighted by molar-refractivity contribution is 4.88. The number of hydrogen-bond donors (Lipinski definition) is 1. The lowest BCUT2D eigenvalue weighted by Gasteiger charge is -2.41. The third-order valence-electron chi connectivity index (χ3n) is 2.54. The van der Waals surface area contributed by atoms with Crippen molar-refractivity contribution >= 4 is 0 Å². The summed E-state index contributed by atoms with van der Waals surface area (Å²) in [6, 6.07) is 0.595. The number of rotatable bonds is 6. The van der Waals surface area contributed by atoms with Gasteiger partial charge in [0.25, 0.3) is 0 Å². The molecule has 1 atom stereocenters. The highest BCUT2D eigenvalue weighted by Crippen LogP contribution is 2.18. The van der Waals surface area contributed by atoms with E-state index in [9.17, 15) is 0 Å². The summed E-state index contributed by atoms with van der Waals surface area (Å²) in [6.07, 6.45) is 3.16. The normalized spacial score (nSPS) is 14.4. The van der Waals surface area contributed by atoms with E-state index in [2.05, 4.69) is 44.5 Å². The Kier molecular flexibility index (Phi) is 6.05. The minimum atomic E-state index is 0.214. The van der Waals surface area contributed by atoms with Crippen molar-refractivity contribution in [2.24, 2.45) is 0 Å². The van der Waals surface area contributed by atoms with Crippen LogP contribution in [0.2, 0.25) is 0 Å². The van der Waals surface area contributed by atoms with Crippen LogP contribution in [0.1, 0.15) is 34.1 Å². The van der Waals surface area contributed by atoms with Crippen molar-refractivity contribution < 1.29 is 0 Å². The van der Waals surface area contributed by atoms with Crippen LogP contribution in [0.15, 0.2) is 12.7 Å². The van der Waals surface area contributed by atoms with Gasteiger partial charge in [-0.1, -0.05) is 13.0 Å². The molecule has 0 aromatic rings. The first kappa shape index (κ1) is 13.7. The minimum absolute atomic E-state index is 0.214. The lowest BCUT2D eigenvalue weighted by atomic mass is 10.0. The van der Waals surface area contributed by atoms with Gasteiger partial charge in [0.05, 0.1) is 0 Å². The van der Waals surface area contributed by atoms with E-state index >= 15 is 0 Å². The molecule has 0 radical (unpaired) electrons. The molecule has 1 unspecified atom stereocenters. The highest BCUT2D eigenvalue weighted by Gasteiger charge is 2.25. The third-order valence-corrected chi connectivity index (χ3v) is 2.54. The summed E-state index contributed by atoms with van der Waals surface area (Å²) < 4.78 is 0. The fourth-order valence-electron chi connectivity index (χ4n) is 1.82. The van der Waals surface area contributed by atoms with E-state index in [-0.39, 0.29) is 5.54 Å². The molecule has 0 aromatic carbocycles. The first-order valence-corrected chi connectivity index (χ1v) is 5.49. The highest BCUT2D eigenvalue weighted by atomic mass is 15.2. The Bertz CT molecular complexity index is 158. The van der Waals surface area contributed by atoms with E-state index in [4.69, 9.17) is 0 Å². The van der Waals surface area contributed by atoms with Gasteiger partial charge in [-0.15, -0.1) is 6.58 Å². The van der Waals surface area contributed by atoms with Crippen LogP contribution < -0.4 is 5.32 Å². The standard InChI is InChI=1S/C12H26N2/c1-7-9-14(12(3,4)5)11(8-2)10-13-6/h7,11,13H,1,8-10H2,2-6H3. The lowest BCUT2D eigenvalue weighted by Crippen LogP contribution is -2.51. The van der Waals surface area contributed by atoms with Crippen molar-refractivity contribution in [1.29, 1.82) is 0 Å². The monoisotopic (exact) mass is 198 g/mol. The number of nitrogens with zero attached hydrogens (tertiary/aromatic N) is 1. The number of likely N-dealkylation sites (N-methyl/N-ethyl adjacent to an activating group) is 1. The van der Waals surface area contributed by atoms with Crippen molar-refractivity contribution in [3.63, 3.8) is 0 Å². The fourth-order valence-corrected chi connectivity index (χ4v) is 1.82. The van der Waals surface area contributed by atoms with Crippen molar-refractivity contribution in [1.82, 2.24) is 10.2 Å². The van der Waals surface area contributed by atoms with Crippen molar-refractivity contribution in [3.8, 4) is 0 Å². The molecule has 0 saturated carbocycles. The molecular weight excluding hydrogens is 172 g/mol. The average molecular weight is 198 g/mol. The van der Waals surface area contributed by atoms with Crippen LogP contribution >= 0.6 is 0 Å². The summed E-state index contributed by atoms with van der Waals surface area (Å²) in [5.74, 6) is 0. The van der Waals surface area contributed by atoms with Gasteiger partial charge < -0.3 is 5.32 Å². The van der Waals surface area contributed by atoms with Crippen molar-refractivity contribution in [3.05, 3.63) is 12.7 Å². The van der Waals surface area contributed by atoms with E-state index in [1.807, 2.05) is 13.1 Å². The Labute approximate surface area is 89.4 Å². The van der Waals surface area contributed by atoms with Crippen molar-refractivity contribution in [2.45, 2.75) is 45.7 Å². The summed E-state index contributed by atoms with van der Waals surface area (Å²) in [5.41, 5.74) is 0.214. The molecule has 0 heterocycles. The molecule has 2 heteroatoms. The van der Waals surface area contributed by atoms with Crippen LogP contribution in [-0.4, -0.2) is 36.6 Å². The predicted octanol–water partition coefficient (Wildman–Crippen LogP) is 2.27. The van der Waals surface area contributed by atoms with Gasteiger partial charge in [0, 0.05) is 24.7 Å². The first-order chi connectivity index (χ1) is 6.47. The molecule has 0 amide bonds. The summed E-state index contributed by atoms with van der Waals surface area (Å²) in [6.45, 7) is 14.9. The second-order valence-corrected chi connectivity index (χ2v) is 4.73. The summed E-state index contributed by atoms with van der Waals surface area (Å²) in [4.78, 5) is 2.50. The van der Waals surface area contributed by atoms with Gasteiger partial charge in [-0.05, 0) is 34.2 Å². The Morgan fingerprint density at radius 3 is 2.29 bits per heavy atom. The first-order valence-electron chi connectivity index (χ1n) is 5.49. The molecule has 0 rings (SSSR count). The minimum Gasteiger partial charge on any atom is -0.318 e. The zero-order chi connectivity index (χ0) is 11.2. The Morgan fingerprint density at radius 1 is 1.43 bits per heavy atom. The second-order valence-electron chi connectivity index (χ2n) is 4.73. The zero-order valence-corrected chi connectivity index (χ0v) is 10.4. The Morgan fingerprint density at radius 2 is 2.00 bits per heavy atom. The summed E-state index contributed by atoms with van der Waals surface area (Å²) >= 11 is 0. The molecule has 0 aliphatic carbocycles. The van der Waals surface area contributed by atoms with E-state index in [0.717, 1.165) is 13.1 Å². The second kappa shape index (κ2) is 6.20. The molecule has 0 fully saturated rings. The molecule has 0 spiro atoms. The van der Waals surface area contributed by atoms with Crippen LogP contribution in [-0.2, 0) is 0 Å². The Hall–Kier alpha value is -0.340. The van der Waals surface area contributed by atoms with Gasteiger partial charge in [-0.3, -0.25) is 4.90 Å². The van der Waals surface area contributed by atoms with Crippen LogP contribution in [0.3, 0.4) is 0 Å².